The summed E-state index contributed by atoms with van der Waals surface area (Å²) >= 11 is 0. The quantitative estimate of drug-likeness (QED) is 0.107. The van der Waals surface area contributed by atoms with E-state index in [0.717, 1.165) is 0 Å². The first kappa shape index (κ1) is 51.1. The van der Waals surface area contributed by atoms with Crippen LogP contribution in [0.25, 0.3) is 0 Å². The molecule has 2 saturated heterocycles. The lowest BCUT2D eigenvalue weighted by molar-refractivity contribution is -0.206. The van der Waals surface area contributed by atoms with Crippen molar-refractivity contribution >= 4 is 47.5 Å². The van der Waals surface area contributed by atoms with E-state index in [1.54, 1.807) is 69.2 Å². The van der Waals surface area contributed by atoms with E-state index in [2.05, 4.69) is 0 Å². The van der Waals surface area contributed by atoms with Gasteiger partial charge < -0.3 is 23.9 Å². The number of hydroxylamine groups is 4. The van der Waals surface area contributed by atoms with Crippen LogP contribution in [-0.4, -0.2) is 82.0 Å². The van der Waals surface area contributed by atoms with E-state index >= 15 is 0 Å². The second-order valence-corrected chi connectivity index (χ2v) is 17.2. The molecular formula is C40H68N2O13. The van der Waals surface area contributed by atoms with Gasteiger partial charge in [0.1, 0.15) is 5.60 Å². The number of imide groups is 2. The second kappa shape index (κ2) is 20.3. The zero-order chi connectivity index (χ0) is 43.4. The molecule has 0 saturated carbocycles. The van der Waals surface area contributed by atoms with Crippen molar-refractivity contribution in [2.24, 2.45) is 21.7 Å². The average Bonchev–Trinajstić information content (AvgIpc) is 3.55. The van der Waals surface area contributed by atoms with Gasteiger partial charge in [0.15, 0.2) is 0 Å². The largest absolute Gasteiger partial charge is 0.465 e. The summed E-state index contributed by atoms with van der Waals surface area (Å²) in [5, 5.41) is 0.970. The lowest BCUT2D eigenvalue weighted by Gasteiger charge is -2.35. The van der Waals surface area contributed by atoms with Crippen molar-refractivity contribution in [2.75, 3.05) is 13.2 Å². The average molecular weight is 785 g/mol. The Kier molecular flexibility index (Phi) is 18.9. The van der Waals surface area contributed by atoms with Gasteiger partial charge in [-0.1, -0.05) is 27.7 Å². The van der Waals surface area contributed by atoms with Crippen molar-refractivity contribution in [1.82, 2.24) is 10.1 Å². The number of esters is 2. The predicted octanol–water partition coefficient (Wildman–Crippen LogP) is 6.58. The molecule has 2 aliphatic heterocycles. The Morgan fingerprint density at radius 2 is 0.782 bits per heavy atom. The van der Waals surface area contributed by atoms with E-state index < -0.39 is 80.4 Å². The Balaban J connectivity index is 0.00000704. The van der Waals surface area contributed by atoms with Crippen molar-refractivity contribution in [3.05, 3.63) is 0 Å². The van der Waals surface area contributed by atoms with Gasteiger partial charge in [0, 0.05) is 38.5 Å². The summed E-state index contributed by atoms with van der Waals surface area (Å²) < 4.78 is 17.4. The van der Waals surface area contributed by atoms with Crippen LogP contribution < -0.4 is 0 Å². The summed E-state index contributed by atoms with van der Waals surface area (Å²) in [6, 6.07) is 0. The van der Waals surface area contributed by atoms with Crippen LogP contribution in [0.5, 0.6) is 0 Å². The van der Waals surface area contributed by atoms with Crippen LogP contribution in [0.15, 0.2) is 0 Å². The first-order chi connectivity index (χ1) is 25.0. The second-order valence-electron chi connectivity index (χ2n) is 17.2. The van der Waals surface area contributed by atoms with Crippen LogP contribution >= 0.6 is 0 Å². The minimum atomic E-state index is -1.22. The molecule has 0 radical (unpaired) electrons. The van der Waals surface area contributed by atoms with E-state index in [0.29, 0.717) is 23.0 Å². The fourth-order valence-electron chi connectivity index (χ4n) is 5.90. The molecule has 0 aliphatic carbocycles. The summed E-state index contributed by atoms with van der Waals surface area (Å²) in [5.74, 6) is -5.06. The summed E-state index contributed by atoms with van der Waals surface area (Å²) in [6.07, 6.45) is 0.620. The normalized spacial score (nSPS) is 15.5. The molecule has 0 bridgehead atoms. The SMILES string of the molecule is CC.CC.CC(C)(CCOC(=O)C(C)(C)CC(C)(C)C(=O)ON1C(=O)CCC1=O)OCCC(C)(C)OC(=O)C(C)(C)CC(C)(C)C(=O)ON1C(=O)CCC1=O. The highest BCUT2D eigenvalue weighted by molar-refractivity contribution is 6.02. The van der Waals surface area contributed by atoms with Crippen molar-refractivity contribution < 1.29 is 62.2 Å². The van der Waals surface area contributed by atoms with Gasteiger partial charge in [0.25, 0.3) is 23.6 Å². The van der Waals surface area contributed by atoms with Gasteiger partial charge in [-0.3, -0.25) is 28.8 Å². The van der Waals surface area contributed by atoms with E-state index in [4.69, 9.17) is 23.9 Å². The summed E-state index contributed by atoms with van der Waals surface area (Å²) in [5.41, 5.74) is -6.32. The van der Waals surface area contributed by atoms with Gasteiger partial charge in [0.05, 0.1) is 40.5 Å². The first-order valence-electron chi connectivity index (χ1n) is 19.2. The fourth-order valence-corrected chi connectivity index (χ4v) is 5.90. The van der Waals surface area contributed by atoms with E-state index in [1.165, 1.54) is 0 Å². The molecular weight excluding hydrogens is 716 g/mol. The Hall–Kier alpha value is -3.88. The van der Waals surface area contributed by atoms with Crippen molar-refractivity contribution in [3.63, 3.8) is 0 Å². The monoisotopic (exact) mass is 784 g/mol. The molecule has 2 aliphatic rings. The molecule has 2 fully saturated rings. The summed E-state index contributed by atoms with van der Waals surface area (Å²) in [4.78, 5) is 109. The molecule has 316 valence electrons. The predicted molar refractivity (Wildman–Crippen MR) is 202 cm³/mol. The van der Waals surface area contributed by atoms with Crippen LogP contribution in [-0.2, 0) is 62.2 Å². The minimum Gasteiger partial charge on any atom is -0.465 e. The molecule has 2 heterocycles. The molecule has 0 aromatic rings. The minimum absolute atomic E-state index is 0.0191. The molecule has 2 rings (SSSR count). The summed E-state index contributed by atoms with van der Waals surface area (Å²) in [7, 11) is 0. The number of hydrogen-bond acceptors (Lipinski definition) is 13. The molecule has 15 heteroatoms. The third-order valence-electron chi connectivity index (χ3n) is 8.84. The number of nitrogens with zero attached hydrogens (tertiary/aromatic N) is 2. The Bertz CT molecular complexity index is 1380. The third-order valence-corrected chi connectivity index (χ3v) is 8.84. The van der Waals surface area contributed by atoms with Crippen LogP contribution in [0.1, 0.15) is 162 Å². The number of carbonyl (C=O) groups excluding carboxylic acids is 8. The highest BCUT2D eigenvalue weighted by Crippen LogP contribution is 2.38. The number of amides is 4. The maximum atomic E-state index is 13.3. The number of ether oxygens (including phenoxy) is 3. The van der Waals surface area contributed by atoms with E-state index in [1.807, 2.05) is 41.5 Å². The molecule has 4 amide bonds. The van der Waals surface area contributed by atoms with Crippen LogP contribution in [0.2, 0.25) is 0 Å². The van der Waals surface area contributed by atoms with E-state index in [9.17, 15) is 38.4 Å². The van der Waals surface area contributed by atoms with Gasteiger partial charge in [-0.2, -0.15) is 0 Å². The molecule has 0 unspecified atom stereocenters. The lowest BCUT2D eigenvalue weighted by Crippen LogP contribution is -2.43. The molecule has 0 aromatic heterocycles. The highest BCUT2D eigenvalue weighted by Gasteiger charge is 2.46. The highest BCUT2D eigenvalue weighted by atomic mass is 16.7. The standard InChI is InChI=1S/C36H56N2O13.2C2H6/c1-31(2,21-33(5,6)29(45)50-37-23(39)13-14-24(37)40)27(43)47-19-17-35(9,10)48-20-18-36(11,12)49-28(44)32(3,4)22-34(7,8)30(46)51-38-25(41)15-16-26(38)42;2*1-2/h13-22H2,1-12H3;2*1-2H3. The van der Waals surface area contributed by atoms with Crippen LogP contribution in [0.4, 0.5) is 0 Å². The molecule has 15 nitrogen and oxygen atoms in total. The van der Waals surface area contributed by atoms with Crippen molar-refractivity contribution in [1.29, 1.82) is 0 Å². The molecule has 0 spiro atoms. The number of carbonyl (C=O) groups is 8. The molecule has 0 aromatic carbocycles. The smallest absolute Gasteiger partial charge is 0.338 e. The Morgan fingerprint density at radius 3 is 1.15 bits per heavy atom. The first-order valence-corrected chi connectivity index (χ1v) is 19.2. The molecule has 55 heavy (non-hydrogen) atoms. The lowest BCUT2D eigenvalue weighted by atomic mass is 9.75. The topological polar surface area (TPSA) is 189 Å². The van der Waals surface area contributed by atoms with Gasteiger partial charge in [0.2, 0.25) is 0 Å². The Labute approximate surface area is 327 Å². The van der Waals surface area contributed by atoms with Crippen molar-refractivity contribution in [3.8, 4) is 0 Å². The van der Waals surface area contributed by atoms with Gasteiger partial charge in [-0.15, -0.1) is 10.1 Å². The maximum absolute atomic E-state index is 13.3. The van der Waals surface area contributed by atoms with E-state index in [-0.39, 0.29) is 51.7 Å². The molecule has 0 N–H and O–H groups in total. The number of rotatable bonds is 18. The van der Waals surface area contributed by atoms with Gasteiger partial charge in [-0.05, 0) is 95.9 Å². The van der Waals surface area contributed by atoms with Gasteiger partial charge in [-0.25, -0.2) is 9.59 Å². The Morgan fingerprint density at radius 1 is 0.473 bits per heavy atom. The zero-order valence-corrected chi connectivity index (χ0v) is 36.3. The van der Waals surface area contributed by atoms with Gasteiger partial charge >= 0.3 is 23.9 Å². The summed E-state index contributed by atoms with van der Waals surface area (Å²) in [6.45, 7) is 28.2. The third kappa shape index (κ3) is 15.6. The molecule has 0 atom stereocenters. The maximum Gasteiger partial charge on any atom is 0.338 e. The fraction of sp³-hybridized carbons (Fsp3) is 0.800. The van der Waals surface area contributed by atoms with Crippen molar-refractivity contribution in [2.45, 2.75) is 173 Å². The zero-order valence-electron chi connectivity index (χ0n) is 36.3. The number of hydrogen-bond donors (Lipinski definition) is 0. The van der Waals surface area contributed by atoms with Crippen LogP contribution in [0, 0.1) is 21.7 Å². The van der Waals surface area contributed by atoms with Crippen LogP contribution in [0.3, 0.4) is 0 Å².